The SMILES string of the molecule is CCN1C[C@@H]2CC(N3CCCC3)C3=C(C(=O)NCc4ccc(F)cc4F)C(O)C(OC)=C(C1=O)N32. The summed E-state index contributed by atoms with van der Waals surface area (Å²) in [4.78, 5) is 32.8. The van der Waals surface area contributed by atoms with E-state index < -0.39 is 23.6 Å². The zero-order valence-electron chi connectivity index (χ0n) is 19.9. The molecule has 3 fully saturated rings. The van der Waals surface area contributed by atoms with Gasteiger partial charge in [0.1, 0.15) is 23.4 Å². The Morgan fingerprint density at radius 2 is 2.00 bits per heavy atom. The number of likely N-dealkylation sites (tertiary alicyclic amines) is 1. The molecule has 4 aliphatic heterocycles. The Morgan fingerprint density at radius 1 is 1.26 bits per heavy atom. The minimum Gasteiger partial charge on any atom is -0.496 e. The molecule has 4 aliphatic rings. The number of carbonyl (C=O) groups excluding carboxylic acids is 2. The van der Waals surface area contributed by atoms with Crippen molar-refractivity contribution in [1.29, 1.82) is 0 Å². The Balaban J connectivity index is 1.55. The van der Waals surface area contributed by atoms with Gasteiger partial charge >= 0.3 is 0 Å². The number of piperazine rings is 1. The average molecular weight is 489 g/mol. The van der Waals surface area contributed by atoms with Crippen molar-refractivity contribution in [2.45, 2.75) is 50.9 Å². The molecule has 0 spiro atoms. The Bertz CT molecular complexity index is 1110. The van der Waals surface area contributed by atoms with E-state index in [2.05, 4.69) is 10.2 Å². The largest absolute Gasteiger partial charge is 0.496 e. The summed E-state index contributed by atoms with van der Waals surface area (Å²) in [7, 11) is 1.38. The lowest BCUT2D eigenvalue weighted by molar-refractivity contribution is -0.133. The molecular formula is C25H30F2N4O4. The molecule has 3 atom stereocenters. The number of methoxy groups -OCH3 is 1. The molecule has 1 aromatic carbocycles. The lowest BCUT2D eigenvalue weighted by Gasteiger charge is -2.44. The number of halogens is 2. The molecule has 0 radical (unpaired) electrons. The van der Waals surface area contributed by atoms with Crippen LogP contribution in [-0.2, 0) is 20.9 Å². The molecule has 0 aliphatic carbocycles. The second-order valence-corrected chi connectivity index (χ2v) is 9.40. The summed E-state index contributed by atoms with van der Waals surface area (Å²) in [5.74, 6) is -2.22. The van der Waals surface area contributed by atoms with Crippen LogP contribution in [0.25, 0.3) is 0 Å². The van der Waals surface area contributed by atoms with Gasteiger partial charge in [-0.05, 0) is 45.3 Å². The normalized spacial score (nSPS) is 26.5. The molecule has 0 aromatic heterocycles. The Hall–Kier alpha value is -2.98. The van der Waals surface area contributed by atoms with E-state index >= 15 is 0 Å². The van der Waals surface area contributed by atoms with Crippen LogP contribution in [0, 0.1) is 11.6 Å². The third-order valence-electron chi connectivity index (χ3n) is 7.51. The molecule has 10 heteroatoms. The quantitative estimate of drug-likeness (QED) is 0.631. The van der Waals surface area contributed by atoms with Crippen molar-refractivity contribution in [3.05, 3.63) is 58.1 Å². The van der Waals surface area contributed by atoms with Crippen LogP contribution < -0.4 is 5.32 Å². The summed E-state index contributed by atoms with van der Waals surface area (Å²) in [5, 5.41) is 14.0. The number of ether oxygens (including phenoxy) is 1. The highest BCUT2D eigenvalue weighted by Gasteiger charge is 2.54. The molecule has 35 heavy (non-hydrogen) atoms. The van der Waals surface area contributed by atoms with E-state index in [4.69, 9.17) is 4.74 Å². The molecule has 8 nitrogen and oxygen atoms in total. The zero-order valence-corrected chi connectivity index (χ0v) is 19.9. The molecule has 3 saturated heterocycles. The number of aliphatic hydroxyl groups is 1. The molecule has 4 heterocycles. The monoisotopic (exact) mass is 488 g/mol. The lowest BCUT2D eigenvalue weighted by atomic mass is 9.94. The van der Waals surface area contributed by atoms with Gasteiger partial charge in [-0.3, -0.25) is 14.5 Å². The van der Waals surface area contributed by atoms with E-state index in [1.165, 1.54) is 13.2 Å². The van der Waals surface area contributed by atoms with Crippen molar-refractivity contribution in [2.24, 2.45) is 0 Å². The van der Waals surface area contributed by atoms with E-state index in [0.29, 0.717) is 18.8 Å². The number of nitrogens with one attached hydrogen (secondary N) is 1. The van der Waals surface area contributed by atoms with Gasteiger partial charge in [0.2, 0.25) is 0 Å². The number of aliphatic hydroxyl groups excluding tert-OH is 1. The maximum Gasteiger partial charge on any atom is 0.274 e. The summed E-state index contributed by atoms with van der Waals surface area (Å²) in [6, 6.07) is 3.00. The van der Waals surface area contributed by atoms with E-state index in [1.54, 1.807) is 4.90 Å². The number of rotatable bonds is 6. The van der Waals surface area contributed by atoms with Crippen molar-refractivity contribution in [1.82, 2.24) is 20.0 Å². The van der Waals surface area contributed by atoms with Crippen LogP contribution in [0.15, 0.2) is 40.9 Å². The summed E-state index contributed by atoms with van der Waals surface area (Å²) >= 11 is 0. The Kier molecular flexibility index (Phi) is 6.27. The first-order valence-electron chi connectivity index (χ1n) is 12.1. The minimum atomic E-state index is -1.44. The second kappa shape index (κ2) is 9.23. The highest BCUT2D eigenvalue weighted by atomic mass is 19.1. The molecule has 2 unspecified atom stereocenters. The fourth-order valence-electron chi connectivity index (χ4n) is 5.85. The van der Waals surface area contributed by atoms with E-state index in [0.717, 1.165) is 44.5 Å². The molecule has 0 saturated carbocycles. The van der Waals surface area contributed by atoms with Crippen LogP contribution in [0.2, 0.25) is 0 Å². The van der Waals surface area contributed by atoms with Gasteiger partial charge in [0.25, 0.3) is 11.8 Å². The second-order valence-electron chi connectivity index (χ2n) is 9.40. The number of hydrogen-bond acceptors (Lipinski definition) is 6. The molecule has 5 rings (SSSR count). The highest BCUT2D eigenvalue weighted by molar-refractivity contribution is 6.00. The maximum atomic E-state index is 14.1. The number of hydrogen-bond donors (Lipinski definition) is 2. The first kappa shape index (κ1) is 23.7. The lowest BCUT2D eigenvalue weighted by Crippen LogP contribution is -2.55. The van der Waals surface area contributed by atoms with Crippen LogP contribution in [0.5, 0.6) is 0 Å². The minimum absolute atomic E-state index is 0.0433. The summed E-state index contributed by atoms with van der Waals surface area (Å²) in [6.07, 6.45) is 1.38. The Morgan fingerprint density at radius 3 is 2.66 bits per heavy atom. The standard InChI is InChI=1S/C25H30F2N4O4/c1-3-29-13-16-11-18(30-8-4-5-9-30)20-19(22(32)23(35-2)21(25(29)34)31(16)20)24(33)28-12-14-6-7-15(26)10-17(14)27/h6-7,10,16,18,22,32H,3-5,8-9,11-13H2,1-2H3,(H,28,33)/t16-,18?,22?/m0/s1. The maximum absolute atomic E-state index is 14.1. The Labute approximate surface area is 202 Å². The van der Waals surface area contributed by atoms with Gasteiger partial charge in [0.15, 0.2) is 5.76 Å². The smallest absolute Gasteiger partial charge is 0.274 e. The third-order valence-corrected chi connectivity index (χ3v) is 7.51. The molecular weight excluding hydrogens is 458 g/mol. The first-order chi connectivity index (χ1) is 16.8. The van der Waals surface area contributed by atoms with Gasteiger partial charge in [0, 0.05) is 37.0 Å². The van der Waals surface area contributed by atoms with Crippen molar-refractivity contribution in [3.63, 3.8) is 0 Å². The first-order valence-corrected chi connectivity index (χ1v) is 12.1. The van der Waals surface area contributed by atoms with Crippen LogP contribution in [0.1, 0.15) is 31.7 Å². The van der Waals surface area contributed by atoms with Crippen molar-refractivity contribution < 1.29 is 28.2 Å². The molecule has 2 amide bonds. The molecule has 0 bridgehead atoms. The van der Waals surface area contributed by atoms with Crippen molar-refractivity contribution >= 4 is 11.8 Å². The fraction of sp³-hybridized carbons (Fsp3) is 0.520. The number of benzene rings is 1. The van der Waals surface area contributed by atoms with Gasteiger partial charge in [-0.25, -0.2) is 8.78 Å². The topological polar surface area (TPSA) is 85.4 Å². The van der Waals surface area contributed by atoms with Gasteiger partial charge in [-0.2, -0.15) is 0 Å². The van der Waals surface area contributed by atoms with E-state index in [1.807, 2.05) is 11.8 Å². The molecule has 2 N–H and O–H groups in total. The molecule has 1 aromatic rings. The number of nitrogens with zero attached hydrogens (tertiary/aromatic N) is 3. The summed E-state index contributed by atoms with van der Waals surface area (Å²) in [5.41, 5.74) is 1.16. The number of carbonyl (C=O) groups is 2. The third kappa shape index (κ3) is 3.88. The predicted octanol–water partition coefficient (Wildman–Crippen LogP) is 1.47. The van der Waals surface area contributed by atoms with E-state index in [9.17, 15) is 23.5 Å². The van der Waals surface area contributed by atoms with Gasteiger partial charge in [-0.1, -0.05) is 6.07 Å². The molecule has 188 valence electrons. The number of likely N-dealkylation sites (N-methyl/N-ethyl adjacent to an activating group) is 1. The fourth-order valence-corrected chi connectivity index (χ4v) is 5.85. The van der Waals surface area contributed by atoms with Crippen molar-refractivity contribution in [3.8, 4) is 0 Å². The van der Waals surface area contributed by atoms with Crippen molar-refractivity contribution in [2.75, 3.05) is 33.3 Å². The number of amides is 2. The zero-order chi connectivity index (χ0) is 24.9. The average Bonchev–Trinajstić information content (AvgIpc) is 3.49. The van der Waals surface area contributed by atoms with E-state index in [-0.39, 0.29) is 47.1 Å². The summed E-state index contributed by atoms with van der Waals surface area (Å²) in [6.45, 7) is 4.55. The highest BCUT2D eigenvalue weighted by Crippen LogP contribution is 2.46. The van der Waals surface area contributed by atoms with Gasteiger partial charge in [-0.15, -0.1) is 0 Å². The van der Waals surface area contributed by atoms with Crippen LogP contribution in [-0.4, -0.2) is 83.1 Å². The van der Waals surface area contributed by atoms with Gasteiger partial charge in [0.05, 0.1) is 24.8 Å². The van der Waals surface area contributed by atoms with Crippen LogP contribution in [0.3, 0.4) is 0 Å². The van der Waals surface area contributed by atoms with Crippen LogP contribution in [0.4, 0.5) is 8.78 Å². The predicted molar refractivity (Wildman–Crippen MR) is 122 cm³/mol. The van der Waals surface area contributed by atoms with Crippen LogP contribution >= 0.6 is 0 Å². The summed E-state index contributed by atoms with van der Waals surface area (Å²) < 4.78 is 32.9. The van der Waals surface area contributed by atoms with Gasteiger partial charge < -0.3 is 25.0 Å².